The Balaban J connectivity index is 1.93. The summed E-state index contributed by atoms with van der Waals surface area (Å²) in [6, 6.07) is 5.28. The highest BCUT2D eigenvalue weighted by Crippen LogP contribution is 2.29. The molecule has 0 spiro atoms. The van der Waals surface area contributed by atoms with Crippen molar-refractivity contribution in [3.05, 3.63) is 23.2 Å². The summed E-state index contributed by atoms with van der Waals surface area (Å²) in [5.41, 5.74) is 0.685. The van der Waals surface area contributed by atoms with Gasteiger partial charge in [-0.2, -0.15) is 0 Å². The van der Waals surface area contributed by atoms with Crippen LogP contribution in [0.25, 0.3) is 0 Å². The normalized spacial score (nSPS) is 19.5. The Bertz CT molecular complexity index is 501. The van der Waals surface area contributed by atoms with Crippen LogP contribution in [-0.2, 0) is 4.79 Å². The van der Waals surface area contributed by atoms with Crippen LogP contribution >= 0.6 is 11.6 Å². The molecule has 1 aromatic rings. The molecule has 1 heterocycles. The Morgan fingerprint density at radius 3 is 3.05 bits per heavy atom. The number of ether oxygens (including phenoxy) is 1. The molecule has 2 N–H and O–H groups in total. The number of nitrogens with one attached hydrogen (secondary N) is 2. The molecule has 1 amide bonds. The van der Waals surface area contributed by atoms with Crippen LogP contribution in [0.3, 0.4) is 0 Å². The van der Waals surface area contributed by atoms with Crippen LogP contribution in [0.1, 0.15) is 33.1 Å². The van der Waals surface area contributed by atoms with Crippen LogP contribution in [0.15, 0.2) is 18.2 Å². The van der Waals surface area contributed by atoms with E-state index in [0.717, 1.165) is 13.1 Å². The first kappa shape index (κ1) is 17.1. The minimum absolute atomic E-state index is 0.0290. The van der Waals surface area contributed by atoms with Crippen molar-refractivity contribution in [3.8, 4) is 5.75 Å². The van der Waals surface area contributed by atoms with Crippen molar-refractivity contribution in [2.24, 2.45) is 11.8 Å². The molecule has 22 heavy (non-hydrogen) atoms. The van der Waals surface area contributed by atoms with Crippen LogP contribution in [0, 0.1) is 11.8 Å². The molecule has 122 valence electrons. The van der Waals surface area contributed by atoms with Crippen LogP contribution in [0.4, 0.5) is 5.69 Å². The van der Waals surface area contributed by atoms with Crippen LogP contribution in [0.2, 0.25) is 5.02 Å². The van der Waals surface area contributed by atoms with Gasteiger partial charge in [-0.1, -0.05) is 18.5 Å². The average molecular weight is 325 g/mol. The third kappa shape index (κ3) is 4.89. The number of rotatable bonds is 6. The fourth-order valence-electron chi connectivity index (χ4n) is 2.90. The molecule has 5 heteroatoms. The molecular formula is C17H25ClN2O2. The summed E-state index contributed by atoms with van der Waals surface area (Å²) in [5.74, 6) is 1.60. The van der Waals surface area contributed by atoms with Gasteiger partial charge >= 0.3 is 0 Å². The molecule has 0 saturated carbocycles. The summed E-state index contributed by atoms with van der Waals surface area (Å²) in [7, 11) is 0. The number of carbonyl (C=O) groups is 1. The molecule has 2 rings (SSSR count). The molecule has 1 saturated heterocycles. The van der Waals surface area contributed by atoms with E-state index < -0.39 is 0 Å². The smallest absolute Gasteiger partial charge is 0.224 e. The number of anilines is 1. The molecule has 1 aliphatic rings. The molecule has 1 fully saturated rings. The molecule has 1 aromatic carbocycles. The lowest BCUT2D eigenvalue weighted by Gasteiger charge is -2.28. The van der Waals surface area contributed by atoms with Crippen molar-refractivity contribution in [1.82, 2.24) is 5.32 Å². The van der Waals surface area contributed by atoms with Crippen molar-refractivity contribution >= 4 is 23.2 Å². The largest absolute Gasteiger partial charge is 0.492 e. The van der Waals surface area contributed by atoms with E-state index in [2.05, 4.69) is 17.6 Å². The standard InChI is InChI=1S/C17H25ClN2O2/c1-3-22-16-10-14(18)6-7-15(16)20-17(21)9-12(2)13-5-4-8-19-11-13/h6-7,10,12-13,19H,3-5,8-9,11H2,1-2H3,(H,20,21). The SMILES string of the molecule is CCOc1cc(Cl)ccc1NC(=O)CC(C)C1CCCNC1. The van der Waals surface area contributed by atoms with Crippen LogP contribution in [-0.4, -0.2) is 25.6 Å². The van der Waals surface area contributed by atoms with Crippen LogP contribution in [0.5, 0.6) is 5.75 Å². The Morgan fingerprint density at radius 1 is 1.55 bits per heavy atom. The molecular weight excluding hydrogens is 300 g/mol. The topological polar surface area (TPSA) is 50.4 Å². The van der Waals surface area contributed by atoms with Gasteiger partial charge in [-0.15, -0.1) is 0 Å². The van der Waals surface area contributed by atoms with Crippen molar-refractivity contribution in [3.63, 3.8) is 0 Å². The first-order chi connectivity index (χ1) is 10.6. The van der Waals surface area contributed by atoms with Gasteiger partial charge in [-0.3, -0.25) is 4.79 Å². The molecule has 0 aliphatic carbocycles. The highest BCUT2D eigenvalue weighted by Gasteiger charge is 2.22. The maximum absolute atomic E-state index is 12.3. The van der Waals surface area contributed by atoms with E-state index in [0.29, 0.717) is 41.3 Å². The predicted octanol–water partition coefficient (Wildman–Crippen LogP) is 3.70. The van der Waals surface area contributed by atoms with Gasteiger partial charge in [0.2, 0.25) is 5.91 Å². The summed E-state index contributed by atoms with van der Waals surface area (Å²) in [4.78, 5) is 12.3. The van der Waals surface area contributed by atoms with Gasteiger partial charge in [0.1, 0.15) is 5.75 Å². The van der Waals surface area contributed by atoms with Crippen molar-refractivity contribution in [2.75, 3.05) is 25.0 Å². The van der Waals surface area contributed by atoms with E-state index in [1.165, 1.54) is 12.8 Å². The van der Waals surface area contributed by atoms with Gasteiger partial charge in [-0.05, 0) is 56.8 Å². The first-order valence-corrected chi connectivity index (χ1v) is 8.41. The fraction of sp³-hybridized carbons (Fsp3) is 0.588. The Kier molecular flexibility index (Phi) is 6.52. The highest BCUT2D eigenvalue weighted by molar-refractivity contribution is 6.30. The first-order valence-electron chi connectivity index (χ1n) is 8.03. The van der Waals surface area contributed by atoms with Crippen molar-refractivity contribution in [1.29, 1.82) is 0 Å². The Hall–Kier alpha value is -1.26. The van der Waals surface area contributed by atoms with Crippen molar-refractivity contribution < 1.29 is 9.53 Å². The van der Waals surface area contributed by atoms with Gasteiger partial charge in [-0.25, -0.2) is 0 Å². The van der Waals surface area contributed by atoms with Crippen LogP contribution < -0.4 is 15.4 Å². The molecule has 0 aromatic heterocycles. The van der Waals surface area contributed by atoms with E-state index in [4.69, 9.17) is 16.3 Å². The molecule has 0 bridgehead atoms. The average Bonchev–Trinajstić information content (AvgIpc) is 2.51. The Morgan fingerprint density at radius 2 is 2.36 bits per heavy atom. The minimum atomic E-state index is 0.0290. The minimum Gasteiger partial charge on any atom is -0.492 e. The molecule has 1 aliphatic heterocycles. The molecule has 4 nitrogen and oxygen atoms in total. The zero-order chi connectivity index (χ0) is 15.9. The van der Waals surface area contributed by atoms with E-state index in [1.54, 1.807) is 18.2 Å². The zero-order valence-electron chi connectivity index (χ0n) is 13.3. The molecule has 2 unspecified atom stereocenters. The predicted molar refractivity (Wildman–Crippen MR) is 90.6 cm³/mol. The summed E-state index contributed by atoms with van der Waals surface area (Å²) in [5, 5.41) is 6.95. The fourth-order valence-corrected chi connectivity index (χ4v) is 3.06. The number of hydrogen-bond acceptors (Lipinski definition) is 3. The number of piperidine rings is 1. The van der Waals surface area contributed by atoms with Gasteiger partial charge in [0.25, 0.3) is 0 Å². The summed E-state index contributed by atoms with van der Waals surface area (Å²) >= 11 is 5.98. The molecule has 0 radical (unpaired) electrons. The lowest BCUT2D eigenvalue weighted by molar-refractivity contribution is -0.117. The van der Waals surface area contributed by atoms with Crippen molar-refractivity contribution in [2.45, 2.75) is 33.1 Å². The van der Waals surface area contributed by atoms with Gasteiger partial charge in [0, 0.05) is 17.5 Å². The maximum atomic E-state index is 12.3. The second-order valence-electron chi connectivity index (χ2n) is 5.91. The number of hydrogen-bond donors (Lipinski definition) is 2. The number of carbonyl (C=O) groups excluding carboxylic acids is 1. The monoisotopic (exact) mass is 324 g/mol. The second kappa shape index (κ2) is 8.39. The highest BCUT2D eigenvalue weighted by atomic mass is 35.5. The lowest BCUT2D eigenvalue weighted by Crippen LogP contribution is -2.34. The summed E-state index contributed by atoms with van der Waals surface area (Å²) < 4.78 is 5.53. The summed E-state index contributed by atoms with van der Waals surface area (Å²) in [6.45, 7) is 6.71. The van der Waals surface area contributed by atoms with E-state index in [1.807, 2.05) is 6.92 Å². The quantitative estimate of drug-likeness (QED) is 0.838. The van der Waals surface area contributed by atoms with Gasteiger partial charge in [0.15, 0.2) is 0 Å². The number of amides is 1. The Labute approximate surface area is 137 Å². The third-order valence-electron chi connectivity index (χ3n) is 4.16. The lowest BCUT2D eigenvalue weighted by atomic mass is 9.85. The van der Waals surface area contributed by atoms with Gasteiger partial charge < -0.3 is 15.4 Å². The summed E-state index contributed by atoms with van der Waals surface area (Å²) in [6.07, 6.45) is 2.93. The number of benzene rings is 1. The van der Waals surface area contributed by atoms with E-state index >= 15 is 0 Å². The molecule has 2 atom stereocenters. The third-order valence-corrected chi connectivity index (χ3v) is 4.40. The maximum Gasteiger partial charge on any atom is 0.224 e. The van der Waals surface area contributed by atoms with E-state index in [9.17, 15) is 4.79 Å². The number of halogens is 1. The van der Waals surface area contributed by atoms with Gasteiger partial charge in [0.05, 0.1) is 12.3 Å². The van der Waals surface area contributed by atoms with E-state index in [-0.39, 0.29) is 5.91 Å². The second-order valence-corrected chi connectivity index (χ2v) is 6.35. The zero-order valence-corrected chi connectivity index (χ0v) is 14.1.